The second-order valence-electron chi connectivity index (χ2n) is 7.10. The molecule has 1 heterocycles. The summed E-state index contributed by atoms with van der Waals surface area (Å²) in [6.45, 7) is 4.31. The first-order valence-electron chi connectivity index (χ1n) is 8.23. The molecule has 0 aromatic heterocycles. The Labute approximate surface area is 117 Å². The molecule has 3 nitrogen and oxygen atoms in total. The molecular weight excluding hydrogens is 236 g/mol. The van der Waals surface area contributed by atoms with Crippen LogP contribution in [0.3, 0.4) is 0 Å². The number of nitrogens with one attached hydrogen (secondary N) is 1. The molecule has 0 aromatic carbocycles. The van der Waals surface area contributed by atoms with E-state index in [1.165, 1.54) is 44.9 Å². The van der Waals surface area contributed by atoms with E-state index >= 15 is 0 Å². The van der Waals surface area contributed by atoms with Crippen LogP contribution >= 0.6 is 0 Å². The molecule has 1 saturated heterocycles. The lowest BCUT2D eigenvalue weighted by atomic mass is 9.74. The lowest BCUT2D eigenvalue weighted by Gasteiger charge is -2.38. The summed E-state index contributed by atoms with van der Waals surface area (Å²) in [5, 5.41) is 3.55. The van der Waals surface area contributed by atoms with Gasteiger partial charge in [-0.3, -0.25) is 4.79 Å². The Morgan fingerprint density at radius 1 is 1.16 bits per heavy atom. The minimum absolute atomic E-state index is 0.0561. The van der Waals surface area contributed by atoms with Gasteiger partial charge in [-0.1, -0.05) is 26.2 Å². The van der Waals surface area contributed by atoms with E-state index in [-0.39, 0.29) is 5.41 Å². The van der Waals surface area contributed by atoms with E-state index < -0.39 is 0 Å². The maximum absolute atomic E-state index is 13.0. The molecule has 0 aromatic rings. The van der Waals surface area contributed by atoms with Gasteiger partial charge in [-0.05, 0) is 45.1 Å². The van der Waals surface area contributed by atoms with E-state index in [1.54, 1.807) is 0 Å². The zero-order valence-electron chi connectivity index (χ0n) is 12.3. The average Bonchev–Trinajstić information content (AvgIpc) is 3.13. The highest BCUT2D eigenvalue weighted by atomic mass is 16.2. The fraction of sp³-hybridized carbons (Fsp3) is 0.938. The topological polar surface area (TPSA) is 32.3 Å². The second kappa shape index (κ2) is 5.43. The van der Waals surface area contributed by atoms with Crippen LogP contribution < -0.4 is 5.32 Å². The molecule has 3 fully saturated rings. The van der Waals surface area contributed by atoms with E-state index in [0.29, 0.717) is 18.0 Å². The van der Waals surface area contributed by atoms with E-state index in [0.717, 1.165) is 25.9 Å². The first-order valence-corrected chi connectivity index (χ1v) is 8.23. The number of hydrogen-bond donors (Lipinski definition) is 1. The minimum Gasteiger partial charge on any atom is -0.338 e. The highest BCUT2D eigenvalue weighted by molar-refractivity contribution is 5.83. The van der Waals surface area contributed by atoms with Crippen molar-refractivity contribution in [1.82, 2.24) is 10.2 Å². The summed E-state index contributed by atoms with van der Waals surface area (Å²) in [5.74, 6) is 0.461. The summed E-state index contributed by atoms with van der Waals surface area (Å²) in [6.07, 6.45) is 11.0. The van der Waals surface area contributed by atoms with E-state index in [9.17, 15) is 4.79 Å². The maximum atomic E-state index is 13.0. The van der Waals surface area contributed by atoms with Gasteiger partial charge < -0.3 is 10.2 Å². The number of carbonyl (C=O) groups excluding carboxylic acids is 1. The summed E-state index contributed by atoms with van der Waals surface area (Å²) in [5.41, 5.74) is -0.0561. The maximum Gasteiger partial charge on any atom is 0.228 e. The predicted octanol–water partition coefficient (Wildman–Crippen LogP) is 2.70. The van der Waals surface area contributed by atoms with Crippen molar-refractivity contribution < 1.29 is 4.79 Å². The van der Waals surface area contributed by atoms with Crippen LogP contribution in [0.4, 0.5) is 0 Å². The summed E-state index contributed by atoms with van der Waals surface area (Å²) in [7, 11) is 0. The van der Waals surface area contributed by atoms with Gasteiger partial charge in [0.15, 0.2) is 0 Å². The summed E-state index contributed by atoms with van der Waals surface area (Å²) >= 11 is 0. The molecule has 2 saturated carbocycles. The van der Waals surface area contributed by atoms with Crippen LogP contribution in [0.25, 0.3) is 0 Å². The molecule has 3 rings (SSSR count). The van der Waals surface area contributed by atoms with Crippen LogP contribution in [-0.4, -0.2) is 36.0 Å². The molecule has 19 heavy (non-hydrogen) atoms. The fourth-order valence-corrected chi connectivity index (χ4v) is 3.83. The molecule has 3 heteroatoms. The van der Waals surface area contributed by atoms with Crippen LogP contribution in [0, 0.1) is 5.41 Å². The lowest BCUT2D eigenvalue weighted by Crippen LogP contribution is -2.49. The molecule has 2 aliphatic carbocycles. The third-order valence-corrected chi connectivity index (χ3v) is 5.30. The van der Waals surface area contributed by atoms with Crippen molar-refractivity contribution in [3.05, 3.63) is 0 Å². The molecule has 0 bridgehead atoms. The lowest BCUT2D eigenvalue weighted by molar-refractivity contribution is -0.144. The van der Waals surface area contributed by atoms with Crippen molar-refractivity contribution >= 4 is 5.91 Å². The molecule has 0 spiro atoms. The molecule has 1 atom stereocenters. The van der Waals surface area contributed by atoms with E-state index in [2.05, 4.69) is 17.1 Å². The van der Waals surface area contributed by atoms with Crippen molar-refractivity contribution in [2.45, 2.75) is 76.8 Å². The minimum atomic E-state index is -0.0561. The smallest absolute Gasteiger partial charge is 0.228 e. The highest BCUT2D eigenvalue weighted by Gasteiger charge is 2.43. The van der Waals surface area contributed by atoms with Gasteiger partial charge in [-0.25, -0.2) is 0 Å². The Morgan fingerprint density at radius 3 is 2.47 bits per heavy atom. The van der Waals surface area contributed by atoms with Crippen molar-refractivity contribution in [2.75, 3.05) is 13.1 Å². The Morgan fingerprint density at radius 2 is 1.89 bits per heavy atom. The standard InChI is InChI=1S/C16H28N2O/c1-16(9-3-2-4-10-16)15(19)18(14-7-8-14)12-13-6-5-11-17-13/h13-14,17H,2-12H2,1H3. The highest BCUT2D eigenvalue weighted by Crippen LogP contribution is 2.40. The van der Waals surface area contributed by atoms with Crippen molar-refractivity contribution in [3.8, 4) is 0 Å². The molecule has 1 unspecified atom stereocenters. The van der Waals surface area contributed by atoms with Crippen molar-refractivity contribution in [2.24, 2.45) is 5.41 Å². The average molecular weight is 264 g/mol. The summed E-state index contributed by atoms with van der Waals surface area (Å²) in [6, 6.07) is 1.12. The molecular formula is C16H28N2O. The van der Waals surface area contributed by atoms with Crippen molar-refractivity contribution in [1.29, 1.82) is 0 Å². The third kappa shape index (κ3) is 2.96. The predicted molar refractivity (Wildman–Crippen MR) is 77.0 cm³/mol. The Kier molecular flexibility index (Phi) is 3.84. The largest absolute Gasteiger partial charge is 0.338 e. The SMILES string of the molecule is CC1(C(=O)N(CC2CCCN2)C2CC2)CCCCC1. The normalized spacial score (nSPS) is 30.3. The molecule has 1 amide bonds. The zero-order chi connectivity index (χ0) is 13.3. The van der Waals surface area contributed by atoms with Gasteiger partial charge in [0, 0.05) is 24.0 Å². The number of carbonyl (C=O) groups is 1. The van der Waals surface area contributed by atoms with Crippen LogP contribution in [-0.2, 0) is 4.79 Å². The van der Waals surface area contributed by atoms with E-state index in [4.69, 9.17) is 0 Å². The third-order valence-electron chi connectivity index (χ3n) is 5.30. The monoisotopic (exact) mass is 264 g/mol. The van der Waals surface area contributed by atoms with Gasteiger partial charge in [0.1, 0.15) is 0 Å². The van der Waals surface area contributed by atoms with Gasteiger partial charge >= 0.3 is 0 Å². The fourth-order valence-electron chi connectivity index (χ4n) is 3.83. The molecule has 3 aliphatic rings. The second-order valence-corrected chi connectivity index (χ2v) is 7.10. The number of rotatable bonds is 4. The van der Waals surface area contributed by atoms with Gasteiger partial charge in [0.05, 0.1) is 0 Å². The Balaban J connectivity index is 1.66. The number of nitrogens with zero attached hydrogens (tertiary/aromatic N) is 1. The van der Waals surface area contributed by atoms with Crippen molar-refractivity contribution in [3.63, 3.8) is 0 Å². The number of hydrogen-bond acceptors (Lipinski definition) is 2. The van der Waals surface area contributed by atoms with Crippen LogP contribution in [0.5, 0.6) is 0 Å². The zero-order valence-corrected chi connectivity index (χ0v) is 12.3. The number of amides is 1. The Bertz CT molecular complexity index is 326. The van der Waals surface area contributed by atoms with Crippen LogP contribution in [0.15, 0.2) is 0 Å². The Hall–Kier alpha value is -0.570. The van der Waals surface area contributed by atoms with Crippen LogP contribution in [0.1, 0.15) is 64.7 Å². The molecule has 0 radical (unpaired) electrons. The van der Waals surface area contributed by atoms with Gasteiger partial charge in [-0.15, -0.1) is 0 Å². The van der Waals surface area contributed by atoms with Gasteiger partial charge in [-0.2, -0.15) is 0 Å². The summed E-state index contributed by atoms with van der Waals surface area (Å²) < 4.78 is 0. The molecule has 1 aliphatic heterocycles. The summed E-state index contributed by atoms with van der Waals surface area (Å²) in [4.78, 5) is 15.2. The van der Waals surface area contributed by atoms with Crippen LogP contribution in [0.2, 0.25) is 0 Å². The van der Waals surface area contributed by atoms with Gasteiger partial charge in [0.2, 0.25) is 5.91 Å². The first kappa shape index (κ1) is 13.4. The first-order chi connectivity index (χ1) is 9.19. The van der Waals surface area contributed by atoms with E-state index in [1.807, 2.05) is 0 Å². The molecule has 1 N–H and O–H groups in total. The van der Waals surface area contributed by atoms with Gasteiger partial charge in [0.25, 0.3) is 0 Å². The molecule has 108 valence electrons. The quantitative estimate of drug-likeness (QED) is 0.846.